The highest BCUT2D eigenvalue weighted by Gasteiger charge is 2.04. The molecule has 1 heterocycles. The van der Waals surface area contributed by atoms with Gasteiger partial charge in [-0.25, -0.2) is 0 Å². The molecule has 0 aliphatic heterocycles. The molecular formula is C13H14N4. The molecule has 0 spiro atoms. The van der Waals surface area contributed by atoms with Gasteiger partial charge in [0.05, 0.1) is 23.6 Å². The second-order valence-electron chi connectivity index (χ2n) is 3.84. The van der Waals surface area contributed by atoms with E-state index in [2.05, 4.69) is 27.9 Å². The van der Waals surface area contributed by atoms with Crippen molar-refractivity contribution in [2.45, 2.75) is 13.5 Å². The van der Waals surface area contributed by atoms with Crippen LogP contribution in [0.4, 0.5) is 0 Å². The Kier molecular flexibility index (Phi) is 3.63. The number of nitrogens with zero attached hydrogens (tertiary/aromatic N) is 4. The van der Waals surface area contributed by atoms with Crippen molar-refractivity contribution in [3.63, 3.8) is 0 Å². The lowest BCUT2D eigenvalue weighted by Gasteiger charge is -2.16. The third kappa shape index (κ3) is 2.77. The van der Waals surface area contributed by atoms with Gasteiger partial charge in [0.25, 0.3) is 0 Å². The first-order chi connectivity index (χ1) is 8.33. The Morgan fingerprint density at radius 1 is 1.24 bits per heavy atom. The summed E-state index contributed by atoms with van der Waals surface area (Å²) in [6, 6.07) is 8.21. The van der Waals surface area contributed by atoms with E-state index in [-0.39, 0.29) is 0 Å². The zero-order valence-corrected chi connectivity index (χ0v) is 9.80. The Morgan fingerprint density at radius 2 is 2.00 bits per heavy atom. The normalized spacial score (nSPS) is 10.6. The molecule has 0 atom stereocenters. The van der Waals surface area contributed by atoms with E-state index in [4.69, 9.17) is 5.26 Å². The molecule has 1 aromatic heterocycles. The summed E-state index contributed by atoms with van der Waals surface area (Å²) < 4.78 is 0. The standard InChI is InChI=1S/C13H14N4/c1-2-17(8-5-14)10-11-3-4-12-13(9-11)16-7-6-15-12/h3-4,6-7,9H,2,8,10H2,1H3. The van der Waals surface area contributed by atoms with Crippen LogP contribution in [0.3, 0.4) is 0 Å². The summed E-state index contributed by atoms with van der Waals surface area (Å²) in [5, 5.41) is 8.70. The summed E-state index contributed by atoms with van der Waals surface area (Å²) in [6.07, 6.45) is 3.38. The average molecular weight is 226 g/mol. The van der Waals surface area contributed by atoms with Crippen molar-refractivity contribution >= 4 is 11.0 Å². The number of nitriles is 1. The molecule has 17 heavy (non-hydrogen) atoms. The summed E-state index contributed by atoms with van der Waals surface area (Å²) in [5.41, 5.74) is 2.97. The SMILES string of the molecule is CCN(CC#N)Cc1ccc2nccnc2c1. The van der Waals surface area contributed by atoms with Crippen molar-refractivity contribution in [1.82, 2.24) is 14.9 Å². The highest BCUT2D eigenvalue weighted by atomic mass is 15.1. The minimum Gasteiger partial charge on any atom is -0.287 e. The van der Waals surface area contributed by atoms with Gasteiger partial charge in [0.2, 0.25) is 0 Å². The number of fused-ring (bicyclic) bond motifs is 1. The fraction of sp³-hybridized carbons (Fsp3) is 0.308. The van der Waals surface area contributed by atoms with E-state index < -0.39 is 0 Å². The lowest BCUT2D eigenvalue weighted by molar-refractivity contribution is 0.315. The van der Waals surface area contributed by atoms with Crippen LogP contribution in [-0.2, 0) is 6.54 Å². The first-order valence-electron chi connectivity index (χ1n) is 5.62. The van der Waals surface area contributed by atoms with Crippen molar-refractivity contribution in [3.8, 4) is 6.07 Å². The summed E-state index contributed by atoms with van der Waals surface area (Å²) in [7, 11) is 0. The van der Waals surface area contributed by atoms with Crippen LogP contribution >= 0.6 is 0 Å². The molecule has 2 rings (SSSR count). The molecular weight excluding hydrogens is 212 g/mol. The predicted molar refractivity (Wildman–Crippen MR) is 66.1 cm³/mol. The van der Waals surface area contributed by atoms with Crippen LogP contribution in [0.1, 0.15) is 12.5 Å². The molecule has 0 unspecified atom stereocenters. The van der Waals surface area contributed by atoms with Crippen LogP contribution in [0.25, 0.3) is 11.0 Å². The van der Waals surface area contributed by atoms with E-state index in [1.54, 1.807) is 12.4 Å². The summed E-state index contributed by atoms with van der Waals surface area (Å²) in [6.45, 7) is 4.15. The smallest absolute Gasteiger partial charge is 0.0890 e. The van der Waals surface area contributed by atoms with Crippen LogP contribution in [0.5, 0.6) is 0 Å². The van der Waals surface area contributed by atoms with Gasteiger partial charge < -0.3 is 0 Å². The van der Waals surface area contributed by atoms with E-state index in [0.717, 1.165) is 29.7 Å². The molecule has 0 amide bonds. The molecule has 2 aromatic rings. The van der Waals surface area contributed by atoms with Crippen molar-refractivity contribution < 1.29 is 0 Å². The van der Waals surface area contributed by atoms with Gasteiger partial charge in [-0.1, -0.05) is 13.0 Å². The van der Waals surface area contributed by atoms with Crippen molar-refractivity contribution in [2.24, 2.45) is 0 Å². The lowest BCUT2D eigenvalue weighted by atomic mass is 10.2. The van der Waals surface area contributed by atoms with E-state index in [9.17, 15) is 0 Å². The number of hydrogen-bond acceptors (Lipinski definition) is 4. The van der Waals surface area contributed by atoms with Crippen molar-refractivity contribution in [2.75, 3.05) is 13.1 Å². The minimum atomic E-state index is 0.453. The lowest BCUT2D eigenvalue weighted by Crippen LogP contribution is -2.22. The van der Waals surface area contributed by atoms with E-state index >= 15 is 0 Å². The van der Waals surface area contributed by atoms with Crippen molar-refractivity contribution in [3.05, 3.63) is 36.2 Å². The van der Waals surface area contributed by atoms with E-state index in [0.29, 0.717) is 6.54 Å². The van der Waals surface area contributed by atoms with Gasteiger partial charge in [0.15, 0.2) is 0 Å². The second-order valence-corrected chi connectivity index (χ2v) is 3.84. The molecule has 0 N–H and O–H groups in total. The van der Waals surface area contributed by atoms with Gasteiger partial charge in [-0.15, -0.1) is 0 Å². The number of hydrogen-bond donors (Lipinski definition) is 0. The Labute approximate surface area is 101 Å². The summed E-state index contributed by atoms with van der Waals surface area (Å²) >= 11 is 0. The van der Waals surface area contributed by atoms with E-state index in [1.165, 1.54) is 0 Å². The fourth-order valence-electron chi connectivity index (χ4n) is 1.74. The molecule has 0 aliphatic carbocycles. The Balaban J connectivity index is 2.22. The number of benzene rings is 1. The van der Waals surface area contributed by atoms with Crippen LogP contribution in [0.15, 0.2) is 30.6 Å². The molecule has 0 bridgehead atoms. The van der Waals surface area contributed by atoms with E-state index in [1.807, 2.05) is 18.2 Å². The summed E-state index contributed by atoms with van der Waals surface area (Å²) in [5.74, 6) is 0. The first-order valence-corrected chi connectivity index (χ1v) is 5.62. The predicted octanol–water partition coefficient (Wildman–Crippen LogP) is 1.98. The van der Waals surface area contributed by atoms with Crippen LogP contribution in [0, 0.1) is 11.3 Å². The van der Waals surface area contributed by atoms with Crippen LogP contribution in [-0.4, -0.2) is 28.0 Å². The second kappa shape index (κ2) is 5.37. The van der Waals surface area contributed by atoms with Gasteiger partial charge in [0.1, 0.15) is 0 Å². The van der Waals surface area contributed by atoms with Gasteiger partial charge in [-0.3, -0.25) is 14.9 Å². The Hall–Kier alpha value is -1.99. The third-order valence-electron chi connectivity index (χ3n) is 2.68. The highest BCUT2D eigenvalue weighted by molar-refractivity contribution is 5.74. The van der Waals surface area contributed by atoms with Crippen LogP contribution in [0.2, 0.25) is 0 Å². The number of rotatable bonds is 4. The molecule has 0 radical (unpaired) electrons. The van der Waals surface area contributed by atoms with Gasteiger partial charge in [-0.05, 0) is 24.2 Å². The van der Waals surface area contributed by atoms with Crippen molar-refractivity contribution in [1.29, 1.82) is 5.26 Å². The molecule has 0 saturated heterocycles. The maximum absolute atomic E-state index is 8.70. The minimum absolute atomic E-state index is 0.453. The Morgan fingerprint density at radius 3 is 2.71 bits per heavy atom. The zero-order chi connectivity index (χ0) is 12.1. The molecule has 0 saturated carbocycles. The average Bonchev–Trinajstić information content (AvgIpc) is 2.38. The topological polar surface area (TPSA) is 52.8 Å². The first kappa shape index (κ1) is 11.5. The molecule has 4 heteroatoms. The molecule has 0 fully saturated rings. The quantitative estimate of drug-likeness (QED) is 0.748. The van der Waals surface area contributed by atoms with Gasteiger partial charge in [-0.2, -0.15) is 5.26 Å². The van der Waals surface area contributed by atoms with Gasteiger partial charge >= 0.3 is 0 Å². The molecule has 4 nitrogen and oxygen atoms in total. The number of aromatic nitrogens is 2. The molecule has 0 aliphatic rings. The molecule has 86 valence electrons. The third-order valence-corrected chi connectivity index (χ3v) is 2.68. The largest absolute Gasteiger partial charge is 0.287 e. The molecule has 1 aromatic carbocycles. The highest BCUT2D eigenvalue weighted by Crippen LogP contribution is 2.12. The van der Waals surface area contributed by atoms with Gasteiger partial charge in [0, 0.05) is 18.9 Å². The summed E-state index contributed by atoms with van der Waals surface area (Å²) in [4.78, 5) is 10.6. The Bertz CT molecular complexity index is 544. The maximum Gasteiger partial charge on any atom is 0.0890 e. The monoisotopic (exact) mass is 226 g/mol. The van der Waals surface area contributed by atoms with Crippen LogP contribution < -0.4 is 0 Å². The maximum atomic E-state index is 8.70. The zero-order valence-electron chi connectivity index (χ0n) is 9.80. The fourth-order valence-corrected chi connectivity index (χ4v) is 1.74.